The molecule has 0 radical (unpaired) electrons. The Bertz CT molecular complexity index is 233. The summed E-state index contributed by atoms with van der Waals surface area (Å²) in [6.07, 6.45) is 0.353. The number of amidine groups is 1. The predicted octanol–water partition coefficient (Wildman–Crippen LogP) is -0.737. The van der Waals surface area contributed by atoms with Crippen molar-refractivity contribution in [3.05, 3.63) is 0 Å². The van der Waals surface area contributed by atoms with E-state index in [9.17, 15) is 4.79 Å². The molecule has 2 heterocycles. The summed E-state index contributed by atoms with van der Waals surface area (Å²) in [4.78, 5) is 14.6. The van der Waals surface area contributed by atoms with Gasteiger partial charge in [-0.05, 0) is 6.42 Å². The lowest BCUT2D eigenvalue weighted by Gasteiger charge is -2.13. The van der Waals surface area contributed by atoms with Crippen molar-refractivity contribution in [3.8, 4) is 0 Å². The Hall–Kier alpha value is -1.10. The van der Waals surface area contributed by atoms with Crippen molar-refractivity contribution in [1.82, 2.24) is 0 Å². The SMILES string of the molecule is NC1=NC(=O)C(C2CCOC2)O1. The monoisotopic (exact) mass is 170 g/mol. The molecule has 2 rings (SSSR count). The van der Waals surface area contributed by atoms with E-state index in [-0.39, 0.29) is 17.8 Å². The van der Waals surface area contributed by atoms with Crippen LogP contribution >= 0.6 is 0 Å². The molecule has 0 aliphatic carbocycles. The topological polar surface area (TPSA) is 73.9 Å². The van der Waals surface area contributed by atoms with Crippen LogP contribution in [0.4, 0.5) is 0 Å². The maximum absolute atomic E-state index is 11.1. The van der Waals surface area contributed by atoms with Gasteiger partial charge >= 0.3 is 0 Å². The van der Waals surface area contributed by atoms with E-state index in [1.54, 1.807) is 0 Å². The quantitative estimate of drug-likeness (QED) is 0.562. The molecule has 0 saturated carbocycles. The molecule has 5 nitrogen and oxygen atoms in total. The van der Waals surface area contributed by atoms with Crippen molar-refractivity contribution in [3.63, 3.8) is 0 Å². The van der Waals surface area contributed by atoms with Gasteiger partial charge in [-0.15, -0.1) is 0 Å². The molecule has 1 amide bonds. The summed E-state index contributed by atoms with van der Waals surface area (Å²) in [6, 6.07) is -0.0168. The van der Waals surface area contributed by atoms with Crippen molar-refractivity contribution >= 4 is 11.9 Å². The van der Waals surface area contributed by atoms with E-state index in [4.69, 9.17) is 15.2 Å². The molecule has 12 heavy (non-hydrogen) atoms. The summed E-state index contributed by atoms with van der Waals surface area (Å²) in [5, 5.41) is 0. The van der Waals surface area contributed by atoms with Gasteiger partial charge in [-0.2, -0.15) is 4.99 Å². The van der Waals surface area contributed by atoms with Gasteiger partial charge < -0.3 is 15.2 Å². The van der Waals surface area contributed by atoms with Gasteiger partial charge in [0, 0.05) is 12.5 Å². The molecule has 2 aliphatic rings. The molecule has 1 fully saturated rings. The third-order valence-corrected chi connectivity index (χ3v) is 2.10. The number of ether oxygens (including phenoxy) is 2. The van der Waals surface area contributed by atoms with Crippen LogP contribution in [0.2, 0.25) is 0 Å². The van der Waals surface area contributed by atoms with Gasteiger partial charge in [0.1, 0.15) is 0 Å². The highest BCUT2D eigenvalue weighted by atomic mass is 16.5. The summed E-state index contributed by atoms with van der Waals surface area (Å²) in [6.45, 7) is 1.26. The zero-order valence-electron chi connectivity index (χ0n) is 6.53. The Labute approximate surface area is 69.5 Å². The van der Waals surface area contributed by atoms with Crippen LogP contribution in [-0.2, 0) is 14.3 Å². The standard InChI is InChI=1S/C7H10N2O3/c8-7-9-6(10)5(12-7)4-1-2-11-3-4/h4-5H,1-3H2,(H2,8,9,10). The molecule has 0 bridgehead atoms. The zero-order chi connectivity index (χ0) is 8.55. The Balaban J connectivity index is 2.02. The highest BCUT2D eigenvalue weighted by molar-refractivity contribution is 5.98. The van der Waals surface area contributed by atoms with Gasteiger partial charge in [-0.1, -0.05) is 0 Å². The second-order valence-electron chi connectivity index (χ2n) is 2.95. The number of hydrogen-bond acceptors (Lipinski definition) is 4. The van der Waals surface area contributed by atoms with Crippen LogP contribution in [0.3, 0.4) is 0 Å². The first-order valence-corrected chi connectivity index (χ1v) is 3.90. The maximum Gasteiger partial charge on any atom is 0.291 e. The molecule has 0 aromatic heterocycles. The molecule has 0 aromatic carbocycles. The van der Waals surface area contributed by atoms with Crippen molar-refractivity contribution in [1.29, 1.82) is 0 Å². The average molecular weight is 170 g/mol. The van der Waals surface area contributed by atoms with Crippen LogP contribution in [-0.4, -0.2) is 31.2 Å². The normalized spacial score (nSPS) is 35.0. The van der Waals surface area contributed by atoms with E-state index in [1.165, 1.54) is 0 Å². The van der Waals surface area contributed by atoms with Crippen molar-refractivity contribution in [2.75, 3.05) is 13.2 Å². The molecular formula is C7H10N2O3. The molecule has 2 unspecified atom stereocenters. The number of rotatable bonds is 1. The van der Waals surface area contributed by atoms with E-state index in [0.717, 1.165) is 6.42 Å². The summed E-state index contributed by atoms with van der Waals surface area (Å²) >= 11 is 0. The van der Waals surface area contributed by atoms with Crippen LogP contribution in [0.5, 0.6) is 0 Å². The number of carbonyl (C=O) groups is 1. The molecule has 2 atom stereocenters. The fourth-order valence-electron chi connectivity index (χ4n) is 1.47. The van der Waals surface area contributed by atoms with Crippen molar-refractivity contribution in [2.45, 2.75) is 12.5 Å². The molecule has 66 valence electrons. The Kier molecular flexibility index (Phi) is 1.73. The number of carbonyl (C=O) groups excluding carboxylic acids is 1. The van der Waals surface area contributed by atoms with E-state index in [1.807, 2.05) is 0 Å². The van der Waals surface area contributed by atoms with Gasteiger partial charge in [0.15, 0.2) is 6.10 Å². The third-order valence-electron chi connectivity index (χ3n) is 2.10. The molecule has 0 spiro atoms. The van der Waals surface area contributed by atoms with Crippen molar-refractivity contribution in [2.24, 2.45) is 16.6 Å². The highest BCUT2D eigenvalue weighted by Crippen LogP contribution is 2.22. The first-order valence-electron chi connectivity index (χ1n) is 3.90. The van der Waals surface area contributed by atoms with Gasteiger partial charge in [0.05, 0.1) is 6.61 Å². The van der Waals surface area contributed by atoms with E-state index in [2.05, 4.69) is 4.99 Å². The lowest BCUT2D eigenvalue weighted by molar-refractivity contribution is -0.124. The lowest BCUT2D eigenvalue weighted by atomic mass is 10.0. The fraction of sp³-hybridized carbons (Fsp3) is 0.714. The number of nitrogens with two attached hydrogens (primary N) is 1. The minimum atomic E-state index is -0.493. The minimum absolute atomic E-state index is 0.0168. The van der Waals surface area contributed by atoms with Gasteiger partial charge in [-0.25, -0.2) is 0 Å². The number of aliphatic imine (C=N–C) groups is 1. The predicted molar refractivity (Wildman–Crippen MR) is 40.4 cm³/mol. The second kappa shape index (κ2) is 2.75. The smallest absolute Gasteiger partial charge is 0.291 e. The largest absolute Gasteiger partial charge is 0.451 e. The van der Waals surface area contributed by atoms with Crippen LogP contribution in [0.25, 0.3) is 0 Å². The van der Waals surface area contributed by atoms with E-state index in [0.29, 0.717) is 13.2 Å². The summed E-state index contributed by atoms with van der Waals surface area (Å²) < 4.78 is 10.2. The summed E-state index contributed by atoms with van der Waals surface area (Å²) in [5.74, 6) is -0.148. The highest BCUT2D eigenvalue weighted by Gasteiger charge is 2.37. The lowest BCUT2D eigenvalue weighted by Crippen LogP contribution is -2.29. The Morgan fingerprint density at radius 2 is 2.42 bits per heavy atom. The van der Waals surface area contributed by atoms with E-state index < -0.39 is 6.10 Å². The Morgan fingerprint density at radius 1 is 1.58 bits per heavy atom. The first-order chi connectivity index (χ1) is 5.77. The van der Waals surface area contributed by atoms with Gasteiger partial charge in [-0.3, -0.25) is 4.79 Å². The zero-order valence-corrected chi connectivity index (χ0v) is 6.53. The minimum Gasteiger partial charge on any atom is -0.451 e. The van der Waals surface area contributed by atoms with Gasteiger partial charge in [0.2, 0.25) is 0 Å². The average Bonchev–Trinajstić information content (AvgIpc) is 2.58. The van der Waals surface area contributed by atoms with Crippen LogP contribution < -0.4 is 5.73 Å². The fourth-order valence-corrected chi connectivity index (χ4v) is 1.47. The molecule has 0 aromatic rings. The Morgan fingerprint density at radius 3 is 2.92 bits per heavy atom. The number of nitrogens with zero attached hydrogens (tertiary/aromatic N) is 1. The summed E-state index contributed by atoms with van der Waals surface area (Å²) in [7, 11) is 0. The van der Waals surface area contributed by atoms with Crippen LogP contribution in [0, 0.1) is 5.92 Å². The number of amides is 1. The molecule has 1 saturated heterocycles. The maximum atomic E-state index is 11.1. The molecular weight excluding hydrogens is 160 g/mol. The molecule has 2 aliphatic heterocycles. The number of hydrogen-bond donors (Lipinski definition) is 1. The summed E-state index contributed by atoms with van der Waals surface area (Å²) in [5.41, 5.74) is 5.25. The second-order valence-corrected chi connectivity index (χ2v) is 2.95. The molecule has 2 N–H and O–H groups in total. The van der Waals surface area contributed by atoms with Crippen LogP contribution in [0.1, 0.15) is 6.42 Å². The van der Waals surface area contributed by atoms with E-state index >= 15 is 0 Å². The molecule has 5 heteroatoms. The van der Waals surface area contributed by atoms with Crippen LogP contribution in [0.15, 0.2) is 4.99 Å². The third kappa shape index (κ3) is 1.16. The van der Waals surface area contributed by atoms with Gasteiger partial charge in [0.25, 0.3) is 11.9 Å². The van der Waals surface area contributed by atoms with Crippen molar-refractivity contribution < 1.29 is 14.3 Å². The first kappa shape index (κ1) is 7.54.